The SMILES string of the molecule is Fc1ccc(C(c2ccc(Cl)cc2)N2C=CN(C(Cl)C(OCc3ccc(Cl)cc3Cl)c3ccc(Cl)cc3)C2)cc1. The first-order valence-corrected chi connectivity index (χ1v) is 14.4. The lowest BCUT2D eigenvalue weighted by molar-refractivity contribution is 0.00582. The summed E-state index contributed by atoms with van der Waals surface area (Å²) in [6.07, 6.45) is 3.40. The summed E-state index contributed by atoms with van der Waals surface area (Å²) in [6, 6.07) is 26.7. The highest BCUT2D eigenvalue weighted by Crippen LogP contribution is 2.37. The predicted octanol–water partition coefficient (Wildman–Crippen LogP) is 10.1. The lowest BCUT2D eigenvalue weighted by Crippen LogP contribution is -2.37. The van der Waals surface area contributed by atoms with E-state index in [0.717, 1.165) is 22.3 Å². The van der Waals surface area contributed by atoms with Gasteiger partial charge in [0.2, 0.25) is 0 Å². The number of hydrogen-bond acceptors (Lipinski definition) is 3. The molecule has 3 atom stereocenters. The molecule has 0 saturated carbocycles. The van der Waals surface area contributed by atoms with Gasteiger partial charge < -0.3 is 14.5 Å². The van der Waals surface area contributed by atoms with E-state index in [1.165, 1.54) is 12.1 Å². The Hall–Kier alpha value is -2.44. The number of alkyl halides is 1. The van der Waals surface area contributed by atoms with Crippen molar-refractivity contribution in [2.45, 2.75) is 24.3 Å². The summed E-state index contributed by atoms with van der Waals surface area (Å²) in [5.74, 6) is -0.290. The molecule has 0 saturated heterocycles. The Bertz CT molecular complexity index is 1420. The topological polar surface area (TPSA) is 15.7 Å². The molecule has 0 radical (unpaired) electrons. The number of benzene rings is 4. The zero-order chi connectivity index (χ0) is 28.2. The van der Waals surface area contributed by atoms with Gasteiger partial charge in [0.1, 0.15) is 17.4 Å². The van der Waals surface area contributed by atoms with E-state index < -0.39 is 11.6 Å². The van der Waals surface area contributed by atoms with Crippen LogP contribution in [-0.2, 0) is 11.3 Å². The average Bonchev–Trinajstić information content (AvgIpc) is 3.43. The van der Waals surface area contributed by atoms with Gasteiger partial charge in [-0.3, -0.25) is 0 Å². The number of nitrogens with zero attached hydrogens (tertiary/aromatic N) is 2. The van der Waals surface area contributed by atoms with Crippen molar-refractivity contribution in [3.63, 3.8) is 0 Å². The van der Waals surface area contributed by atoms with E-state index in [2.05, 4.69) is 4.90 Å². The first-order valence-electron chi connectivity index (χ1n) is 12.4. The monoisotopic (exact) mass is 634 g/mol. The maximum absolute atomic E-state index is 13.8. The smallest absolute Gasteiger partial charge is 0.135 e. The molecule has 3 nitrogen and oxygen atoms in total. The summed E-state index contributed by atoms with van der Waals surface area (Å²) in [5, 5.41) is 2.33. The zero-order valence-electron chi connectivity index (χ0n) is 21.0. The van der Waals surface area contributed by atoms with Crippen LogP contribution in [0.15, 0.2) is 103 Å². The molecule has 0 aromatic heterocycles. The third-order valence-corrected chi connectivity index (χ3v) is 8.25. The van der Waals surface area contributed by atoms with E-state index in [0.29, 0.717) is 26.8 Å². The van der Waals surface area contributed by atoms with Crippen molar-refractivity contribution in [1.29, 1.82) is 0 Å². The van der Waals surface area contributed by atoms with E-state index in [-0.39, 0.29) is 18.5 Å². The zero-order valence-corrected chi connectivity index (χ0v) is 24.8. The van der Waals surface area contributed by atoms with Gasteiger partial charge in [-0.15, -0.1) is 0 Å². The van der Waals surface area contributed by atoms with Gasteiger partial charge in [-0.05, 0) is 70.8 Å². The average molecular weight is 637 g/mol. The molecule has 0 bridgehead atoms. The van der Waals surface area contributed by atoms with Crippen LogP contribution in [0.2, 0.25) is 20.1 Å². The fourth-order valence-electron chi connectivity index (χ4n) is 4.63. The summed E-state index contributed by atoms with van der Waals surface area (Å²) in [7, 11) is 0. The van der Waals surface area contributed by atoms with Gasteiger partial charge in [-0.25, -0.2) is 4.39 Å². The van der Waals surface area contributed by atoms with Crippen LogP contribution in [0.5, 0.6) is 0 Å². The van der Waals surface area contributed by atoms with E-state index in [9.17, 15) is 4.39 Å². The molecule has 0 aliphatic carbocycles. The molecule has 9 heteroatoms. The van der Waals surface area contributed by atoms with Crippen molar-refractivity contribution in [3.05, 3.63) is 152 Å². The lowest BCUT2D eigenvalue weighted by Gasteiger charge is -2.34. The minimum atomic E-state index is -0.576. The van der Waals surface area contributed by atoms with Gasteiger partial charge in [0.15, 0.2) is 0 Å². The second-order valence-corrected chi connectivity index (χ2v) is 11.5. The summed E-state index contributed by atoms with van der Waals surface area (Å²) >= 11 is 31.9. The number of halogens is 6. The van der Waals surface area contributed by atoms with Crippen molar-refractivity contribution in [1.82, 2.24) is 9.80 Å². The Morgan fingerprint density at radius 3 is 1.80 bits per heavy atom. The fraction of sp³-hybridized carbons (Fsp3) is 0.161. The summed E-state index contributed by atoms with van der Waals surface area (Å²) in [6.45, 7) is 0.699. The van der Waals surface area contributed by atoms with E-state index >= 15 is 0 Å². The fourth-order valence-corrected chi connectivity index (χ4v) is 5.69. The van der Waals surface area contributed by atoms with Crippen LogP contribution in [0.25, 0.3) is 0 Å². The van der Waals surface area contributed by atoms with Crippen LogP contribution in [0.4, 0.5) is 4.39 Å². The maximum atomic E-state index is 13.8. The Morgan fingerprint density at radius 1 is 0.675 bits per heavy atom. The molecule has 0 N–H and O–H groups in total. The quantitative estimate of drug-likeness (QED) is 0.134. The highest BCUT2D eigenvalue weighted by atomic mass is 35.5. The third kappa shape index (κ3) is 6.88. The van der Waals surface area contributed by atoms with Crippen molar-refractivity contribution in [3.8, 4) is 0 Å². The van der Waals surface area contributed by atoms with Crippen molar-refractivity contribution < 1.29 is 9.13 Å². The Kier molecular flexibility index (Phi) is 9.47. The second-order valence-electron chi connectivity index (χ2n) is 9.37. The van der Waals surface area contributed by atoms with Crippen molar-refractivity contribution in [2.24, 2.45) is 0 Å². The maximum Gasteiger partial charge on any atom is 0.135 e. The second kappa shape index (κ2) is 13.0. The lowest BCUT2D eigenvalue weighted by atomic mass is 9.97. The normalized spacial score (nSPS) is 15.3. The Balaban J connectivity index is 1.39. The third-order valence-electron chi connectivity index (χ3n) is 6.68. The molecular formula is C31H24Cl5FN2O. The first kappa shape index (κ1) is 29.1. The molecule has 0 amide bonds. The van der Waals surface area contributed by atoms with Gasteiger partial charge in [0.05, 0.1) is 19.3 Å². The molecule has 1 aliphatic rings. The van der Waals surface area contributed by atoms with E-state index in [1.807, 2.05) is 71.9 Å². The van der Waals surface area contributed by atoms with Crippen LogP contribution < -0.4 is 0 Å². The van der Waals surface area contributed by atoms with Crippen molar-refractivity contribution in [2.75, 3.05) is 6.67 Å². The molecule has 0 spiro atoms. The Morgan fingerprint density at radius 2 is 1.20 bits per heavy atom. The van der Waals surface area contributed by atoms with Crippen LogP contribution >= 0.6 is 58.0 Å². The van der Waals surface area contributed by atoms with Gasteiger partial charge in [0.25, 0.3) is 0 Å². The van der Waals surface area contributed by atoms with Gasteiger partial charge in [-0.1, -0.05) is 100 Å². The molecule has 1 aliphatic heterocycles. The first-order chi connectivity index (χ1) is 19.3. The molecular weight excluding hydrogens is 613 g/mol. The number of rotatable bonds is 9. The summed E-state index contributed by atoms with van der Waals surface area (Å²) in [5.41, 5.74) is 3.04. The molecule has 40 heavy (non-hydrogen) atoms. The van der Waals surface area contributed by atoms with Crippen LogP contribution in [0.1, 0.15) is 34.4 Å². The van der Waals surface area contributed by atoms with E-state index in [4.69, 9.17) is 62.7 Å². The van der Waals surface area contributed by atoms with Crippen molar-refractivity contribution >= 4 is 58.0 Å². The largest absolute Gasteiger partial charge is 0.365 e. The molecule has 5 rings (SSSR count). The highest BCUT2D eigenvalue weighted by molar-refractivity contribution is 6.35. The standard InChI is InChI=1S/C31H24Cl5FN2O/c32-24-8-1-20(2-9-24)29(21-6-13-27(37)14-7-21)38-15-16-39(19-38)31(36)30(22-3-10-25(33)11-4-22)40-18-23-5-12-26(34)17-28(23)35/h1-17,29-31H,18-19H2. The molecule has 4 aromatic carbocycles. The molecule has 0 fully saturated rings. The Labute approximate surface area is 258 Å². The van der Waals surface area contributed by atoms with Gasteiger partial charge in [0, 0.05) is 32.5 Å². The minimum absolute atomic E-state index is 0.189. The number of ether oxygens (including phenoxy) is 1. The summed E-state index contributed by atoms with van der Waals surface area (Å²) in [4.78, 5) is 4.14. The van der Waals surface area contributed by atoms with Crippen LogP contribution in [0, 0.1) is 5.82 Å². The molecule has 1 heterocycles. The van der Waals surface area contributed by atoms with Crippen LogP contribution in [0.3, 0.4) is 0 Å². The van der Waals surface area contributed by atoms with E-state index in [1.54, 1.807) is 24.3 Å². The molecule has 206 valence electrons. The van der Waals surface area contributed by atoms with Crippen LogP contribution in [-0.4, -0.2) is 22.0 Å². The van der Waals surface area contributed by atoms with Gasteiger partial charge >= 0.3 is 0 Å². The number of hydrogen-bond donors (Lipinski definition) is 0. The minimum Gasteiger partial charge on any atom is -0.365 e. The van der Waals surface area contributed by atoms with Gasteiger partial charge in [-0.2, -0.15) is 0 Å². The molecule has 4 aromatic rings. The summed E-state index contributed by atoms with van der Waals surface area (Å²) < 4.78 is 20.1. The predicted molar refractivity (Wildman–Crippen MR) is 162 cm³/mol. The molecule has 3 unspecified atom stereocenters. The highest BCUT2D eigenvalue weighted by Gasteiger charge is 2.32.